The summed E-state index contributed by atoms with van der Waals surface area (Å²) in [6.07, 6.45) is 4.92. The maximum Gasteiger partial charge on any atom is 0.140 e. The summed E-state index contributed by atoms with van der Waals surface area (Å²) < 4.78 is 2.22. The van der Waals surface area contributed by atoms with Gasteiger partial charge in [-0.25, -0.2) is 4.98 Å². The van der Waals surface area contributed by atoms with Crippen molar-refractivity contribution < 1.29 is 0 Å². The van der Waals surface area contributed by atoms with Crippen LogP contribution in [-0.2, 0) is 13.0 Å². The summed E-state index contributed by atoms with van der Waals surface area (Å²) in [6.45, 7) is 4.99. The molecule has 1 atom stereocenters. The molecular formula is C18H21N3. The summed E-state index contributed by atoms with van der Waals surface area (Å²) in [4.78, 5) is 4.54. The van der Waals surface area contributed by atoms with E-state index in [0.29, 0.717) is 0 Å². The lowest BCUT2D eigenvalue weighted by molar-refractivity contribution is 0.734. The van der Waals surface area contributed by atoms with Crippen LogP contribution in [0.25, 0.3) is 11.0 Å². The quantitative estimate of drug-likeness (QED) is 0.796. The number of nitrogens with two attached hydrogens (primary N) is 1. The second kappa shape index (κ2) is 5.70. The molecule has 1 unspecified atom stereocenters. The minimum Gasteiger partial charge on any atom is -0.328 e. The zero-order chi connectivity index (χ0) is 14.8. The van der Waals surface area contributed by atoms with Gasteiger partial charge in [0.05, 0.1) is 0 Å². The Morgan fingerprint density at radius 1 is 1.19 bits per heavy atom. The van der Waals surface area contributed by atoms with E-state index >= 15 is 0 Å². The van der Waals surface area contributed by atoms with Gasteiger partial charge in [0.2, 0.25) is 0 Å². The van der Waals surface area contributed by atoms with Crippen LogP contribution in [0, 0.1) is 6.92 Å². The summed E-state index contributed by atoms with van der Waals surface area (Å²) in [5, 5.41) is 1.21. The molecule has 2 N–H and O–H groups in total. The van der Waals surface area contributed by atoms with Crippen LogP contribution in [0.4, 0.5) is 0 Å². The SMILES string of the molecule is Cc1ccc(Cn2cc(CC(C)N)c3cccnc32)cc1. The number of benzene rings is 1. The standard InChI is InChI=1S/C18H21N3/c1-13-5-7-15(8-6-13)11-21-12-16(10-14(2)19)17-4-3-9-20-18(17)21/h3-9,12,14H,10-11,19H2,1-2H3. The number of nitrogens with zero attached hydrogens (tertiary/aromatic N) is 2. The third kappa shape index (κ3) is 2.98. The van der Waals surface area contributed by atoms with Gasteiger partial charge in [-0.05, 0) is 43.5 Å². The molecule has 3 aromatic rings. The molecule has 0 amide bonds. The summed E-state index contributed by atoms with van der Waals surface area (Å²) >= 11 is 0. The van der Waals surface area contributed by atoms with Crippen molar-refractivity contribution in [1.82, 2.24) is 9.55 Å². The largest absolute Gasteiger partial charge is 0.328 e. The molecule has 0 spiro atoms. The molecule has 1 aromatic carbocycles. The summed E-state index contributed by atoms with van der Waals surface area (Å²) in [7, 11) is 0. The van der Waals surface area contributed by atoms with Crippen LogP contribution in [0.1, 0.15) is 23.6 Å². The Balaban J connectivity index is 2.00. The highest BCUT2D eigenvalue weighted by Crippen LogP contribution is 2.21. The van der Waals surface area contributed by atoms with Crippen LogP contribution in [0.2, 0.25) is 0 Å². The van der Waals surface area contributed by atoms with Gasteiger partial charge in [0.25, 0.3) is 0 Å². The molecule has 3 rings (SSSR count). The Labute approximate surface area is 125 Å². The van der Waals surface area contributed by atoms with Crippen molar-refractivity contribution in [2.24, 2.45) is 5.73 Å². The summed E-state index contributed by atoms with van der Waals surface area (Å²) in [6, 6.07) is 12.9. The number of hydrogen-bond donors (Lipinski definition) is 1. The van der Waals surface area contributed by atoms with Crippen molar-refractivity contribution in [3.8, 4) is 0 Å². The molecule has 108 valence electrons. The highest BCUT2D eigenvalue weighted by molar-refractivity contribution is 5.80. The predicted molar refractivity (Wildman–Crippen MR) is 87.4 cm³/mol. The third-order valence-electron chi connectivity index (χ3n) is 3.73. The molecule has 0 saturated carbocycles. The molecule has 0 fully saturated rings. The number of fused-ring (bicyclic) bond motifs is 1. The number of aryl methyl sites for hydroxylation is 1. The highest BCUT2D eigenvalue weighted by Gasteiger charge is 2.10. The van der Waals surface area contributed by atoms with Gasteiger partial charge in [-0.1, -0.05) is 29.8 Å². The molecule has 2 heterocycles. The molecule has 0 aliphatic carbocycles. The molecular weight excluding hydrogens is 258 g/mol. The van der Waals surface area contributed by atoms with Crippen LogP contribution < -0.4 is 5.73 Å². The lowest BCUT2D eigenvalue weighted by Crippen LogP contribution is -2.17. The number of rotatable bonds is 4. The Kier molecular flexibility index (Phi) is 3.76. The third-order valence-corrected chi connectivity index (χ3v) is 3.73. The first-order chi connectivity index (χ1) is 10.1. The van der Waals surface area contributed by atoms with E-state index < -0.39 is 0 Å². The Morgan fingerprint density at radius 2 is 1.95 bits per heavy atom. The smallest absolute Gasteiger partial charge is 0.140 e. The van der Waals surface area contributed by atoms with Crippen molar-refractivity contribution in [2.75, 3.05) is 0 Å². The van der Waals surface area contributed by atoms with Gasteiger partial charge in [-0.15, -0.1) is 0 Å². The Bertz CT molecular complexity index is 739. The van der Waals surface area contributed by atoms with E-state index in [-0.39, 0.29) is 6.04 Å². The summed E-state index contributed by atoms with van der Waals surface area (Å²) in [5.74, 6) is 0. The molecule has 0 saturated heterocycles. The van der Waals surface area contributed by atoms with E-state index in [0.717, 1.165) is 18.6 Å². The number of pyridine rings is 1. The maximum absolute atomic E-state index is 5.96. The predicted octanol–water partition coefficient (Wildman–Crippen LogP) is 3.28. The Hall–Kier alpha value is -2.13. The van der Waals surface area contributed by atoms with Gasteiger partial charge in [-0.2, -0.15) is 0 Å². The van der Waals surface area contributed by atoms with E-state index in [2.05, 4.69) is 53.0 Å². The number of aromatic nitrogens is 2. The maximum atomic E-state index is 5.96. The Morgan fingerprint density at radius 3 is 2.67 bits per heavy atom. The van der Waals surface area contributed by atoms with Crippen molar-refractivity contribution in [3.05, 3.63) is 65.5 Å². The summed E-state index contributed by atoms with van der Waals surface area (Å²) in [5.41, 5.74) is 10.8. The van der Waals surface area contributed by atoms with Gasteiger partial charge >= 0.3 is 0 Å². The lowest BCUT2D eigenvalue weighted by atomic mass is 10.1. The van der Waals surface area contributed by atoms with Crippen LogP contribution in [-0.4, -0.2) is 15.6 Å². The van der Waals surface area contributed by atoms with Gasteiger partial charge in [0.1, 0.15) is 5.65 Å². The molecule has 0 bridgehead atoms. The van der Waals surface area contributed by atoms with E-state index in [1.54, 1.807) is 0 Å². The fourth-order valence-corrected chi connectivity index (χ4v) is 2.72. The minimum atomic E-state index is 0.156. The van der Waals surface area contributed by atoms with Crippen LogP contribution in [0.15, 0.2) is 48.8 Å². The average Bonchev–Trinajstić information content (AvgIpc) is 2.79. The van der Waals surface area contributed by atoms with E-state index in [4.69, 9.17) is 5.73 Å². The lowest BCUT2D eigenvalue weighted by Gasteiger charge is -2.05. The van der Waals surface area contributed by atoms with Crippen molar-refractivity contribution in [3.63, 3.8) is 0 Å². The van der Waals surface area contributed by atoms with Crippen molar-refractivity contribution in [1.29, 1.82) is 0 Å². The van der Waals surface area contributed by atoms with Gasteiger partial charge < -0.3 is 10.3 Å². The molecule has 21 heavy (non-hydrogen) atoms. The van der Waals surface area contributed by atoms with Gasteiger partial charge in [0, 0.05) is 30.4 Å². The van der Waals surface area contributed by atoms with Gasteiger partial charge in [-0.3, -0.25) is 0 Å². The zero-order valence-corrected chi connectivity index (χ0v) is 12.6. The highest BCUT2D eigenvalue weighted by atomic mass is 15.0. The molecule has 3 nitrogen and oxygen atoms in total. The first-order valence-corrected chi connectivity index (χ1v) is 7.37. The molecule has 3 heteroatoms. The molecule has 0 aliphatic rings. The van der Waals surface area contributed by atoms with E-state index in [1.165, 1.54) is 22.1 Å². The van der Waals surface area contributed by atoms with Crippen LogP contribution in [0.3, 0.4) is 0 Å². The van der Waals surface area contributed by atoms with Crippen molar-refractivity contribution >= 4 is 11.0 Å². The monoisotopic (exact) mass is 279 g/mol. The van der Waals surface area contributed by atoms with Crippen LogP contribution in [0.5, 0.6) is 0 Å². The zero-order valence-electron chi connectivity index (χ0n) is 12.6. The van der Waals surface area contributed by atoms with Gasteiger partial charge in [0.15, 0.2) is 0 Å². The number of hydrogen-bond acceptors (Lipinski definition) is 2. The fraction of sp³-hybridized carbons (Fsp3) is 0.278. The second-order valence-electron chi connectivity index (χ2n) is 5.82. The van der Waals surface area contributed by atoms with E-state index in [1.807, 2.05) is 19.2 Å². The van der Waals surface area contributed by atoms with E-state index in [9.17, 15) is 0 Å². The second-order valence-corrected chi connectivity index (χ2v) is 5.82. The first-order valence-electron chi connectivity index (χ1n) is 7.37. The molecule has 0 aliphatic heterocycles. The molecule has 0 radical (unpaired) electrons. The van der Waals surface area contributed by atoms with Crippen molar-refractivity contribution in [2.45, 2.75) is 32.9 Å². The average molecular weight is 279 g/mol. The first kappa shape index (κ1) is 13.8. The van der Waals surface area contributed by atoms with Crippen LogP contribution >= 0.6 is 0 Å². The topological polar surface area (TPSA) is 43.8 Å². The minimum absolute atomic E-state index is 0.156. The molecule has 2 aromatic heterocycles. The normalized spacial score (nSPS) is 12.7. The fourth-order valence-electron chi connectivity index (χ4n) is 2.72.